The smallest absolute Gasteiger partial charge is 0.329 e. The molecule has 0 radical (unpaired) electrons. The van der Waals surface area contributed by atoms with Crippen LogP contribution in [0.25, 0.3) is 6.08 Å². The largest absolute Gasteiger partial charge is 0.493 e. The van der Waals surface area contributed by atoms with E-state index >= 15 is 0 Å². The van der Waals surface area contributed by atoms with E-state index in [0.717, 1.165) is 4.90 Å². The van der Waals surface area contributed by atoms with E-state index < -0.39 is 24.4 Å². The van der Waals surface area contributed by atoms with Crippen molar-refractivity contribution in [3.8, 4) is 17.2 Å². The first kappa shape index (κ1) is 20.5. The van der Waals surface area contributed by atoms with Gasteiger partial charge in [-0.15, -0.1) is 0 Å². The minimum absolute atomic E-state index is 0.0177. The van der Waals surface area contributed by atoms with Crippen molar-refractivity contribution in [2.24, 2.45) is 0 Å². The molecule has 2 aromatic rings. The molecule has 2 heterocycles. The van der Waals surface area contributed by atoms with Crippen molar-refractivity contribution in [1.82, 2.24) is 10.2 Å². The number of carbonyl (C=O) groups excluding carboxylic acids is 3. The van der Waals surface area contributed by atoms with Crippen LogP contribution in [0.15, 0.2) is 42.1 Å². The maximum absolute atomic E-state index is 12.7. The van der Waals surface area contributed by atoms with Crippen molar-refractivity contribution in [2.75, 3.05) is 25.3 Å². The maximum Gasteiger partial charge on any atom is 0.329 e. The molecule has 0 unspecified atom stereocenters. The fraction of sp³-hybridized carbons (Fsp3) is 0.190. The fourth-order valence-corrected chi connectivity index (χ4v) is 3.21. The molecule has 0 aromatic heterocycles. The Morgan fingerprint density at radius 3 is 2.65 bits per heavy atom. The molecule has 4 rings (SSSR count). The quantitative estimate of drug-likeness (QED) is 0.525. The van der Waals surface area contributed by atoms with E-state index in [1.165, 1.54) is 6.08 Å². The normalized spacial score (nSPS) is 15.9. The highest BCUT2D eigenvalue weighted by Gasteiger charge is 2.35. The van der Waals surface area contributed by atoms with Gasteiger partial charge in [-0.3, -0.25) is 9.59 Å². The van der Waals surface area contributed by atoms with Gasteiger partial charge < -0.3 is 24.8 Å². The summed E-state index contributed by atoms with van der Waals surface area (Å²) in [6.45, 7) is 1.87. The summed E-state index contributed by atoms with van der Waals surface area (Å²) in [5, 5.41) is 5.63. The molecular formula is C21H18ClN3O6. The van der Waals surface area contributed by atoms with Gasteiger partial charge in [-0.25, -0.2) is 9.69 Å². The third-order valence-electron chi connectivity index (χ3n) is 4.50. The highest BCUT2D eigenvalue weighted by molar-refractivity contribution is 6.30. The Kier molecular flexibility index (Phi) is 5.68. The minimum Gasteiger partial charge on any atom is -0.493 e. The monoisotopic (exact) mass is 443 g/mol. The van der Waals surface area contributed by atoms with Crippen molar-refractivity contribution in [3.05, 3.63) is 52.7 Å². The maximum atomic E-state index is 12.7. The average Bonchev–Trinajstić information content (AvgIpc) is 3.29. The summed E-state index contributed by atoms with van der Waals surface area (Å²) in [4.78, 5) is 38.1. The standard InChI is InChI=1S/C21H18ClN3O6/c1-2-29-16-9-18-17(30-11-31-18)8-12(16)7-15-20(27)25(21(28)24-15)10-19(26)23-14-5-3-13(22)4-6-14/h3-9H,2,10-11H2,1H3,(H,23,26)(H,24,28). The summed E-state index contributed by atoms with van der Waals surface area (Å²) >= 11 is 5.82. The van der Waals surface area contributed by atoms with E-state index in [4.69, 9.17) is 25.8 Å². The van der Waals surface area contributed by atoms with Crippen LogP contribution in [0.1, 0.15) is 12.5 Å². The van der Waals surface area contributed by atoms with Crippen LogP contribution in [0.2, 0.25) is 5.02 Å². The molecule has 0 bridgehead atoms. The number of ether oxygens (including phenoxy) is 3. The summed E-state index contributed by atoms with van der Waals surface area (Å²) in [6, 6.07) is 9.10. The van der Waals surface area contributed by atoms with Gasteiger partial charge >= 0.3 is 6.03 Å². The van der Waals surface area contributed by atoms with Crippen molar-refractivity contribution < 1.29 is 28.6 Å². The number of fused-ring (bicyclic) bond motifs is 1. The highest BCUT2D eigenvalue weighted by atomic mass is 35.5. The Labute approximate surface area is 182 Å². The number of amides is 4. The number of rotatable bonds is 6. The Hall–Kier alpha value is -3.72. The lowest BCUT2D eigenvalue weighted by atomic mass is 10.1. The molecule has 9 nitrogen and oxygen atoms in total. The third-order valence-corrected chi connectivity index (χ3v) is 4.75. The van der Waals surface area contributed by atoms with Crippen molar-refractivity contribution >= 4 is 41.2 Å². The lowest BCUT2D eigenvalue weighted by molar-refractivity contribution is -0.127. The fourth-order valence-electron chi connectivity index (χ4n) is 3.08. The SMILES string of the molecule is CCOc1cc2c(cc1C=C1NC(=O)N(CC(=O)Nc3ccc(Cl)cc3)C1=O)OCO2. The number of anilines is 1. The molecule has 31 heavy (non-hydrogen) atoms. The number of benzene rings is 2. The Morgan fingerprint density at radius 1 is 1.23 bits per heavy atom. The van der Waals surface area contributed by atoms with Gasteiger partial charge in [-0.05, 0) is 43.3 Å². The molecule has 2 aliphatic heterocycles. The Balaban J connectivity index is 1.51. The van der Waals surface area contributed by atoms with Gasteiger partial charge in [0.2, 0.25) is 12.7 Å². The van der Waals surface area contributed by atoms with E-state index in [-0.39, 0.29) is 12.5 Å². The first-order valence-corrected chi connectivity index (χ1v) is 9.79. The number of imide groups is 1. The van der Waals surface area contributed by atoms with E-state index in [9.17, 15) is 14.4 Å². The minimum atomic E-state index is -0.693. The van der Waals surface area contributed by atoms with Gasteiger partial charge in [0.1, 0.15) is 18.0 Å². The number of nitrogens with one attached hydrogen (secondary N) is 2. The molecular weight excluding hydrogens is 426 g/mol. The van der Waals surface area contributed by atoms with E-state index in [2.05, 4.69) is 10.6 Å². The van der Waals surface area contributed by atoms with Gasteiger partial charge in [0.15, 0.2) is 11.5 Å². The van der Waals surface area contributed by atoms with E-state index in [1.54, 1.807) is 36.4 Å². The van der Waals surface area contributed by atoms with Gasteiger partial charge in [0, 0.05) is 22.3 Å². The van der Waals surface area contributed by atoms with Crippen molar-refractivity contribution in [1.29, 1.82) is 0 Å². The van der Waals surface area contributed by atoms with Crippen LogP contribution in [-0.2, 0) is 9.59 Å². The van der Waals surface area contributed by atoms with Crippen LogP contribution in [0.5, 0.6) is 17.2 Å². The number of hydrogen-bond donors (Lipinski definition) is 2. The second-order valence-corrected chi connectivity index (χ2v) is 7.05. The van der Waals surface area contributed by atoms with E-state index in [1.807, 2.05) is 6.92 Å². The van der Waals surface area contributed by atoms with Crippen LogP contribution in [0, 0.1) is 0 Å². The molecule has 1 saturated heterocycles. The predicted molar refractivity (Wildman–Crippen MR) is 112 cm³/mol. The molecule has 10 heteroatoms. The first-order chi connectivity index (χ1) is 14.9. The van der Waals surface area contributed by atoms with Gasteiger partial charge in [0.05, 0.1) is 6.61 Å². The van der Waals surface area contributed by atoms with Crippen molar-refractivity contribution in [2.45, 2.75) is 6.92 Å². The summed E-state index contributed by atoms with van der Waals surface area (Å²) in [5.41, 5.74) is 1.05. The zero-order chi connectivity index (χ0) is 22.0. The Bertz CT molecular complexity index is 1080. The summed E-state index contributed by atoms with van der Waals surface area (Å²) in [6.07, 6.45) is 1.48. The van der Waals surface area contributed by atoms with Gasteiger partial charge in [0.25, 0.3) is 5.91 Å². The molecule has 2 aromatic carbocycles. The number of carbonyl (C=O) groups is 3. The zero-order valence-corrected chi connectivity index (χ0v) is 17.2. The van der Waals surface area contributed by atoms with Crippen molar-refractivity contribution in [3.63, 3.8) is 0 Å². The lowest BCUT2D eigenvalue weighted by Crippen LogP contribution is -2.38. The molecule has 160 valence electrons. The number of nitrogens with zero attached hydrogens (tertiary/aromatic N) is 1. The van der Waals surface area contributed by atoms with Gasteiger partial charge in [-0.2, -0.15) is 0 Å². The topological polar surface area (TPSA) is 106 Å². The second-order valence-electron chi connectivity index (χ2n) is 6.61. The van der Waals surface area contributed by atoms with Crippen LogP contribution in [0.4, 0.5) is 10.5 Å². The molecule has 2 aliphatic rings. The first-order valence-electron chi connectivity index (χ1n) is 9.41. The molecule has 1 fully saturated rings. The third kappa shape index (κ3) is 4.41. The molecule has 0 aliphatic carbocycles. The molecule has 0 atom stereocenters. The molecule has 0 saturated carbocycles. The molecule has 2 N–H and O–H groups in total. The number of hydrogen-bond acceptors (Lipinski definition) is 6. The average molecular weight is 444 g/mol. The van der Waals surface area contributed by atoms with Crippen LogP contribution < -0.4 is 24.8 Å². The lowest BCUT2D eigenvalue weighted by Gasteiger charge is -2.12. The Morgan fingerprint density at radius 2 is 1.94 bits per heavy atom. The summed E-state index contributed by atoms with van der Waals surface area (Å²) in [7, 11) is 0. The van der Waals surface area contributed by atoms with Gasteiger partial charge in [-0.1, -0.05) is 11.6 Å². The second kappa shape index (κ2) is 8.57. The number of urea groups is 1. The highest BCUT2D eigenvalue weighted by Crippen LogP contribution is 2.39. The summed E-state index contributed by atoms with van der Waals surface area (Å²) < 4.78 is 16.3. The zero-order valence-electron chi connectivity index (χ0n) is 16.4. The molecule has 4 amide bonds. The molecule has 0 spiro atoms. The van der Waals surface area contributed by atoms with Crippen LogP contribution >= 0.6 is 11.6 Å². The summed E-state index contributed by atoms with van der Waals surface area (Å²) in [5.74, 6) is 0.362. The van der Waals surface area contributed by atoms with Crippen LogP contribution in [-0.4, -0.2) is 42.7 Å². The predicted octanol–water partition coefficient (Wildman–Crippen LogP) is 3.00. The number of halogens is 1. The van der Waals surface area contributed by atoms with E-state index in [0.29, 0.717) is 40.1 Å². The van der Waals surface area contributed by atoms with Crippen LogP contribution in [0.3, 0.4) is 0 Å².